The van der Waals surface area contributed by atoms with Gasteiger partial charge >= 0.3 is 0 Å². The molecule has 21 heavy (non-hydrogen) atoms. The molecule has 114 valence electrons. The lowest BCUT2D eigenvalue weighted by Gasteiger charge is -2.15. The summed E-state index contributed by atoms with van der Waals surface area (Å²) in [7, 11) is 0. The van der Waals surface area contributed by atoms with Crippen LogP contribution >= 0.6 is 23.1 Å². The van der Waals surface area contributed by atoms with E-state index < -0.39 is 0 Å². The van der Waals surface area contributed by atoms with Crippen LogP contribution in [-0.4, -0.2) is 25.9 Å². The summed E-state index contributed by atoms with van der Waals surface area (Å²) in [5, 5.41) is 9.01. The summed E-state index contributed by atoms with van der Waals surface area (Å²) in [5.41, 5.74) is 0.991. The van der Waals surface area contributed by atoms with Gasteiger partial charge in [0, 0.05) is 17.1 Å². The lowest BCUT2D eigenvalue weighted by Crippen LogP contribution is -2.24. The Balaban J connectivity index is 1.99. The van der Waals surface area contributed by atoms with Crippen molar-refractivity contribution in [1.29, 1.82) is 0 Å². The number of hydrogen-bond acceptors (Lipinski definition) is 5. The minimum absolute atomic E-state index is 0.0297. The molecule has 2 aromatic heterocycles. The topological polar surface area (TPSA) is 59.8 Å². The van der Waals surface area contributed by atoms with E-state index in [1.165, 1.54) is 11.8 Å². The molecule has 0 radical (unpaired) electrons. The minimum Gasteiger partial charge on any atom is -0.310 e. The van der Waals surface area contributed by atoms with Gasteiger partial charge in [0.1, 0.15) is 5.82 Å². The number of rotatable bonds is 6. The molecule has 2 rings (SSSR count). The highest BCUT2D eigenvalue weighted by molar-refractivity contribution is 8.02. The number of anilines is 1. The summed E-state index contributed by atoms with van der Waals surface area (Å²) < 4.78 is 2.77. The summed E-state index contributed by atoms with van der Waals surface area (Å²) >= 11 is 3.05. The normalized spacial score (nSPS) is 13.9. The standard InChI is InChI=1S/C14H20N4OS2/c1-5-10(3)18-12(6-7-15-18)17-13(19)11(4)21-14-16-9(2)8-20-14/h6-8,10-11H,5H2,1-4H3,(H,17,19)/t10-,11+/m0/s1. The highest BCUT2D eigenvalue weighted by atomic mass is 32.2. The Kier molecular flexibility index (Phi) is 5.41. The molecule has 0 bridgehead atoms. The summed E-state index contributed by atoms with van der Waals surface area (Å²) in [6.45, 7) is 8.02. The molecule has 1 amide bonds. The van der Waals surface area contributed by atoms with Gasteiger partial charge in [0.25, 0.3) is 0 Å². The van der Waals surface area contributed by atoms with E-state index >= 15 is 0 Å². The molecule has 0 aliphatic rings. The minimum atomic E-state index is -0.198. The average Bonchev–Trinajstić information content (AvgIpc) is 3.07. The predicted octanol–water partition coefficient (Wildman–Crippen LogP) is 3.74. The number of carbonyl (C=O) groups is 1. The molecule has 0 aliphatic carbocycles. The maximum atomic E-state index is 12.3. The smallest absolute Gasteiger partial charge is 0.238 e. The van der Waals surface area contributed by atoms with Crippen LogP contribution in [-0.2, 0) is 4.79 Å². The van der Waals surface area contributed by atoms with E-state index in [-0.39, 0.29) is 17.2 Å². The van der Waals surface area contributed by atoms with Crippen LogP contribution in [0.2, 0.25) is 0 Å². The molecule has 2 atom stereocenters. The molecule has 2 aromatic rings. The van der Waals surface area contributed by atoms with E-state index in [4.69, 9.17) is 0 Å². The van der Waals surface area contributed by atoms with Gasteiger partial charge in [-0.15, -0.1) is 11.3 Å². The first-order valence-electron chi connectivity index (χ1n) is 6.94. The van der Waals surface area contributed by atoms with Crippen molar-refractivity contribution in [2.45, 2.75) is 49.7 Å². The quantitative estimate of drug-likeness (QED) is 0.822. The van der Waals surface area contributed by atoms with Gasteiger partial charge in [0.2, 0.25) is 5.91 Å². The third-order valence-electron chi connectivity index (χ3n) is 3.17. The molecular weight excluding hydrogens is 304 g/mol. The van der Waals surface area contributed by atoms with E-state index in [9.17, 15) is 4.79 Å². The predicted molar refractivity (Wildman–Crippen MR) is 88.0 cm³/mol. The number of nitrogens with zero attached hydrogens (tertiary/aromatic N) is 3. The fraction of sp³-hybridized carbons (Fsp3) is 0.500. The first kappa shape index (κ1) is 16.0. The molecular formula is C14H20N4OS2. The van der Waals surface area contributed by atoms with Gasteiger partial charge in [-0.1, -0.05) is 18.7 Å². The summed E-state index contributed by atoms with van der Waals surface area (Å²) in [4.78, 5) is 16.7. The first-order valence-corrected chi connectivity index (χ1v) is 8.70. The van der Waals surface area contributed by atoms with Crippen LogP contribution in [0.4, 0.5) is 5.82 Å². The molecule has 0 fully saturated rings. The van der Waals surface area contributed by atoms with Gasteiger partial charge < -0.3 is 5.32 Å². The van der Waals surface area contributed by atoms with Gasteiger partial charge in [-0.3, -0.25) is 4.79 Å². The zero-order valence-electron chi connectivity index (χ0n) is 12.7. The van der Waals surface area contributed by atoms with E-state index in [2.05, 4.69) is 29.2 Å². The van der Waals surface area contributed by atoms with Crippen LogP contribution in [0.3, 0.4) is 0 Å². The molecule has 2 heterocycles. The van der Waals surface area contributed by atoms with Crippen LogP contribution in [0, 0.1) is 6.92 Å². The third-order valence-corrected chi connectivity index (χ3v) is 5.36. The second kappa shape index (κ2) is 7.09. The average molecular weight is 324 g/mol. The van der Waals surface area contributed by atoms with Gasteiger partial charge in [-0.25, -0.2) is 9.67 Å². The Hall–Kier alpha value is -1.34. The second-order valence-electron chi connectivity index (χ2n) is 4.92. The van der Waals surface area contributed by atoms with Crippen LogP contribution in [0.25, 0.3) is 0 Å². The number of nitrogens with one attached hydrogen (secondary N) is 1. The summed E-state index contributed by atoms with van der Waals surface area (Å²) in [5.74, 6) is 0.718. The van der Waals surface area contributed by atoms with Gasteiger partial charge in [0.05, 0.1) is 17.5 Å². The van der Waals surface area contributed by atoms with E-state index in [0.29, 0.717) is 0 Å². The molecule has 0 saturated carbocycles. The van der Waals surface area contributed by atoms with Crippen molar-refractivity contribution in [2.75, 3.05) is 5.32 Å². The molecule has 7 heteroatoms. The second-order valence-corrected chi connectivity index (χ2v) is 7.37. The molecule has 0 aliphatic heterocycles. The third kappa shape index (κ3) is 4.07. The first-order chi connectivity index (χ1) is 10.0. The largest absolute Gasteiger partial charge is 0.310 e. The number of thiazole rings is 1. The molecule has 0 spiro atoms. The van der Waals surface area contributed by atoms with Crippen LogP contribution < -0.4 is 5.32 Å². The number of aromatic nitrogens is 3. The number of amides is 1. The van der Waals surface area contributed by atoms with Crippen molar-refractivity contribution < 1.29 is 4.79 Å². The van der Waals surface area contributed by atoms with Gasteiger partial charge in [0.15, 0.2) is 4.34 Å². The number of carbonyl (C=O) groups excluding carboxylic acids is 1. The lowest BCUT2D eigenvalue weighted by atomic mass is 10.3. The Bertz CT molecular complexity index is 608. The van der Waals surface area contributed by atoms with E-state index in [1.807, 2.05) is 30.0 Å². The zero-order chi connectivity index (χ0) is 15.4. The van der Waals surface area contributed by atoms with Crippen molar-refractivity contribution in [1.82, 2.24) is 14.8 Å². The van der Waals surface area contributed by atoms with Crippen molar-refractivity contribution >= 4 is 34.8 Å². The summed E-state index contributed by atoms with van der Waals surface area (Å²) in [6, 6.07) is 2.09. The summed E-state index contributed by atoms with van der Waals surface area (Å²) in [6.07, 6.45) is 2.68. The van der Waals surface area contributed by atoms with Crippen LogP contribution in [0.5, 0.6) is 0 Å². The van der Waals surface area contributed by atoms with E-state index in [1.54, 1.807) is 17.5 Å². The lowest BCUT2D eigenvalue weighted by molar-refractivity contribution is -0.115. The number of hydrogen-bond donors (Lipinski definition) is 1. The maximum Gasteiger partial charge on any atom is 0.238 e. The Morgan fingerprint density at radius 1 is 1.52 bits per heavy atom. The maximum absolute atomic E-state index is 12.3. The Labute approximate surface area is 133 Å². The number of aryl methyl sites for hydroxylation is 1. The van der Waals surface area contributed by atoms with Crippen molar-refractivity contribution in [3.05, 3.63) is 23.3 Å². The highest BCUT2D eigenvalue weighted by Gasteiger charge is 2.18. The van der Waals surface area contributed by atoms with Crippen molar-refractivity contribution in [2.24, 2.45) is 0 Å². The molecule has 0 aromatic carbocycles. The van der Waals surface area contributed by atoms with Crippen molar-refractivity contribution in [3.63, 3.8) is 0 Å². The van der Waals surface area contributed by atoms with E-state index in [0.717, 1.165) is 22.3 Å². The zero-order valence-corrected chi connectivity index (χ0v) is 14.3. The fourth-order valence-electron chi connectivity index (χ4n) is 1.76. The molecule has 1 N–H and O–H groups in total. The fourth-order valence-corrected chi connectivity index (χ4v) is 3.74. The Morgan fingerprint density at radius 3 is 2.90 bits per heavy atom. The highest BCUT2D eigenvalue weighted by Crippen LogP contribution is 2.27. The molecule has 0 unspecified atom stereocenters. The SMILES string of the molecule is CC[C@H](C)n1nccc1NC(=O)[C@@H](C)Sc1nc(C)cs1. The van der Waals surface area contributed by atoms with Crippen LogP contribution in [0.1, 0.15) is 38.9 Å². The van der Waals surface area contributed by atoms with Crippen LogP contribution in [0.15, 0.2) is 22.0 Å². The molecule has 5 nitrogen and oxygen atoms in total. The number of thioether (sulfide) groups is 1. The van der Waals surface area contributed by atoms with Crippen molar-refractivity contribution in [3.8, 4) is 0 Å². The van der Waals surface area contributed by atoms with Gasteiger partial charge in [-0.05, 0) is 27.2 Å². The van der Waals surface area contributed by atoms with Gasteiger partial charge in [-0.2, -0.15) is 5.10 Å². The monoisotopic (exact) mass is 324 g/mol. The Morgan fingerprint density at radius 2 is 2.29 bits per heavy atom. The molecule has 0 saturated heterocycles.